The summed E-state index contributed by atoms with van der Waals surface area (Å²) in [4.78, 5) is 10.4. The third-order valence-electron chi connectivity index (χ3n) is 5.53. The zero-order chi connectivity index (χ0) is 21.2. The van der Waals surface area contributed by atoms with Crippen LogP contribution in [0.15, 0.2) is 30.3 Å². The highest BCUT2D eigenvalue weighted by Gasteiger charge is 2.07. The number of carboxylic acids is 1. The molecule has 0 heterocycles. The van der Waals surface area contributed by atoms with Crippen molar-refractivity contribution in [3.63, 3.8) is 0 Å². The van der Waals surface area contributed by atoms with Gasteiger partial charge in [-0.15, -0.1) is 0 Å². The van der Waals surface area contributed by atoms with E-state index in [1.165, 1.54) is 31.2 Å². The molecule has 0 aliphatic rings. The maximum Gasteiger partial charge on any atom is 0.303 e. The van der Waals surface area contributed by atoms with Crippen molar-refractivity contribution in [3.05, 3.63) is 35.9 Å². The SMILES string of the molecule is CCC(CCCCCCCC(O)CCCCCCC(=O)O)OCc1ccccc1. The molecule has 0 amide bonds. The number of unbranched alkanes of at least 4 members (excludes halogenated alkanes) is 7. The largest absolute Gasteiger partial charge is 0.481 e. The van der Waals surface area contributed by atoms with Crippen molar-refractivity contribution in [1.82, 2.24) is 0 Å². The van der Waals surface area contributed by atoms with Crippen molar-refractivity contribution in [2.45, 2.75) is 116 Å². The van der Waals surface area contributed by atoms with E-state index in [-0.39, 0.29) is 12.5 Å². The van der Waals surface area contributed by atoms with Gasteiger partial charge >= 0.3 is 5.97 Å². The van der Waals surface area contributed by atoms with Crippen LogP contribution in [0.3, 0.4) is 0 Å². The lowest BCUT2D eigenvalue weighted by Gasteiger charge is -2.16. The highest BCUT2D eigenvalue weighted by atomic mass is 16.5. The number of aliphatic hydroxyl groups is 1. The number of hydrogen-bond acceptors (Lipinski definition) is 3. The molecule has 0 bridgehead atoms. The van der Waals surface area contributed by atoms with Gasteiger partial charge in [-0.3, -0.25) is 4.79 Å². The number of ether oxygens (including phenoxy) is 1. The van der Waals surface area contributed by atoms with Crippen LogP contribution in [-0.4, -0.2) is 28.4 Å². The van der Waals surface area contributed by atoms with Crippen LogP contribution in [0, 0.1) is 0 Å². The van der Waals surface area contributed by atoms with Crippen molar-refractivity contribution in [2.75, 3.05) is 0 Å². The minimum atomic E-state index is -0.713. The molecule has 1 aromatic carbocycles. The van der Waals surface area contributed by atoms with Gasteiger partial charge in [0.05, 0.1) is 18.8 Å². The van der Waals surface area contributed by atoms with Gasteiger partial charge in [-0.25, -0.2) is 0 Å². The fourth-order valence-corrected chi connectivity index (χ4v) is 3.63. The smallest absolute Gasteiger partial charge is 0.303 e. The Morgan fingerprint density at radius 2 is 1.41 bits per heavy atom. The fraction of sp³-hybridized carbons (Fsp3) is 0.720. The number of aliphatic hydroxyl groups excluding tert-OH is 1. The third kappa shape index (κ3) is 15.2. The summed E-state index contributed by atoms with van der Waals surface area (Å²) in [6.45, 7) is 2.90. The molecule has 1 rings (SSSR count). The Kier molecular flexibility index (Phi) is 15.4. The minimum absolute atomic E-state index is 0.190. The molecule has 4 heteroatoms. The molecule has 2 atom stereocenters. The first-order valence-electron chi connectivity index (χ1n) is 11.7. The summed E-state index contributed by atoms with van der Waals surface area (Å²) in [5.74, 6) is -0.713. The molecule has 0 radical (unpaired) electrons. The van der Waals surface area contributed by atoms with E-state index >= 15 is 0 Å². The first kappa shape index (κ1) is 25.6. The maximum atomic E-state index is 10.4. The highest BCUT2D eigenvalue weighted by molar-refractivity contribution is 5.66. The van der Waals surface area contributed by atoms with Crippen molar-refractivity contribution in [2.24, 2.45) is 0 Å². The molecule has 0 fully saturated rings. The summed E-state index contributed by atoms with van der Waals surface area (Å²) in [6.07, 6.45) is 14.1. The van der Waals surface area contributed by atoms with Gasteiger partial charge in [0.1, 0.15) is 0 Å². The maximum absolute atomic E-state index is 10.4. The van der Waals surface area contributed by atoms with Gasteiger partial charge in [-0.2, -0.15) is 0 Å². The van der Waals surface area contributed by atoms with Crippen molar-refractivity contribution < 1.29 is 19.7 Å². The predicted molar refractivity (Wildman–Crippen MR) is 119 cm³/mol. The third-order valence-corrected chi connectivity index (χ3v) is 5.53. The second kappa shape index (κ2) is 17.5. The monoisotopic (exact) mass is 406 g/mol. The van der Waals surface area contributed by atoms with E-state index in [1.807, 2.05) is 6.07 Å². The molecule has 0 aliphatic carbocycles. The van der Waals surface area contributed by atoms with Crippen molar-refractivity contribution in [1.29, 1.82) is 0 Å². The molecule has 2 N–H and O–H groups in total. The number of benzene rings is 1. The molecule has 0 aromatic heterocycles. The van der Waals surface area contributed by atoms with Gasteiger partial charge < -0.3 is 14.9 Å². The molecule has 0 aliphatic heterocycles. The number of carboxylic acid groups (broad SMARTS) is 1. The Balaban J connectivity index is 1.91. The number of aliphatic carboxylic acids is 1. The summed E-state index contributed by atoms with van der Waals surface area (Å²) in [5, 5.41) is 18.6. The summed E-state index contributed by atoms with van der Waals surface area (Å²) < 4.78 is 6.05. The van der Waals surface area contributed by atoms with Crippen molar-refractivity contribution in [3.8, 4) is 0 Å². The Bertz CT molecular complexity index is 503. The minimum Gasteiger partial charge on any atom is -0.481 e. The molecular weight excluding hydrogens is 364 g/mol. The van der Waals surface area contributed by atoms with Gasteiger partial charge in [0.2, 0.25) is 0 Å². The summed E-state index contributed by atoms with van der Waals surface area (Å²) in [7, 11) is 0. The topological polar surface area (TPSA) is 66.8 Å². The molecule has 2 unspecified atom stereocenters. The van der Waals surface area contributed by atoms with E-state index in [1.54, 1.807) is 0 Å². The van der Waals surface area contributed by atoms with Gasteiger partial charge in [-0.05, 0) is 37.7 Å². The molecule has 1 aromatic rings. The van der Waals surface area contributed by atoms with Crippen LogP contribution < -0.4 is 0 Å². The van der Waals surface area contributed by atoms with Crippen LogP contribution in [0.1, 0.15) is 102 Å². The second-order valence-corrected chi connectivity index (χ2v) is 8.17. The first-order valence-corrected chi connectivity index (χ1v) is 11.7. The van der Waals surface area contributed by atoms with E-state index in [9.17, 15) is 9.90 Å². The van der Waals surface area contributed by atoms with Gasteiger partial charge in [0.25, 0.3) is 0 Å². The van der Waals surface area contributed by atoms with E-state index in [4.69, 9.17) is 9.84 Å². The normalized spacial score (nSPS) is 13.3. The Hall–Kier alpha value is -1.39. The molecular formula is C25H42O4. The quantitative estimate of drug-likeness (QED) is 0.257. The molecule has 166 valence electrons. The van der Waals surface area contributed by atoms with Crippen LogP contribution in [0.25, 0.3) is 0 Å². The van der Waals surface area contributed by atoms with Crippen LogP contribution in [0.2, 0.25) is 0 Å². The lowest BCUT2D eigenvalue weighted by Crippen LogP contribution is -2.11. The second-order valence-electron chi connectivity index (χ2n) is 8.17. The standard InChI is InChI=1S/C25H42O4/c1-2-24(29-21-22-15-9-8-10-16-22)19-13-5-3-4-11-17-23(26)18-12-6-7-14-20-25(27)28/h8-10,15-16,23-24,26H,2-7,11-14,17-21H2,1H3,(H,27,28). The fourth-order valence-electron chi connectivity index (χ4n) is 3.63. The summed E-state index contributed by atoms with van der Waals surface area (Å²) in [6, 6.07) is 10.4. The lowest BCUT2D eigenvalue weighted by molar-refractivity contribution is -0.137. The zero-order valence-electron chi connectivity index (χ0n) is 18.4. The average Bonchev–Trinajstić information content (AvgIpc) is 2.72. The van der Waals surface area contributed by atoms with E-state index in [2.05, 4.69) is 31.2 Å². The van der Waals surface area contributed by atoms with Crippen LogP contribution in [0.4, 0.5) is 0 Å². The molecule has 0 saturated carbocycles. The highest BCUT2D eigenvalue weighted by Crippen LogP contribution is 2.16. The zero-order valence-corrected chi connectivity index (χ0v) is 18.4. The van der Waals surface area contributed by atoms with Crippen molar-refractivity contribution >= 4 is 5.97 Å². The van der Waals surface area contributed by atoms with Gasteiger partial charge in [0.15, 0.2) is 0 Å². The predicted octanol–water partition coefficient (Wildman–Crippen LogP) is 6.50. The Labute approximate surface area is 177 Å². The van der Waals surface area contributed by atoms with Gasteiger partial charge in [0, 0.05) is 6.42 Å². The first-order chi connectivity index (χ1) is 14.1. The summed E-state index contributed by atoms with van der Waals surface area (Å²) >= 11 is 0. The molecule has 4 nitrogen and oxygen atoms in total. The van der Waals surface area contributed by atoms with Crippen LogP contribution in [0.5, 0.6) is 0 Å². The van der Waals surface area contributed by atoms with Gasteiger partial charge in [-0.1, -0.05) is 88.6 Å². The average molecular weight is 407 g/mol. The van der Waals surface area contributed by atoms with Crippen LogP contribution in [-0.2, 0) is 16.1 Å². The summed E-state index contributed by atoms with van der Waals surface area (Å²) in [5.41, 5.74) is 1.24. The Morgan fingerprint density at radius 3 is 2.00 bits per heavy atom. The molecule has 0 saturated heterocycles. The molecule has 29 heavy (non-hydrogen) atoms. The van der Waals surface area contributed by atoms with E-state index in [0.717, 1.165) is 57.8 Å². The van der Waals surface area contributed by atoms with Crippen LogP contribution >= 0.6 is 0 Å². The number of carbonyl (C=O) groups is 1. The Morgan fingerprint density at radius 1 is 0.862 bits per heavy atom. The number of hydrogen-bond donors (Lipinski definition) is 2. The van der Waals surface area contributed by atoms with E-state index < -0.39 is 5.97 Å². The van der Waals surface area contributed by atoms with E-state index in [0.29, 0.717) is 12.7 Å². The lowest BCUT2D eigenvalue weighted by atomic mass is 10.0. The number of rotatable bonds is 19. The molecule has 0 spiro atoms.